The van der Waals surface area contributed by atoms with Crippen molar-refractivity contribution in [1.29, 1.82) is 0 Å². The lowest BCUT2D eigenvalue weighted by atomic mass is 9.77. The summed E-state index contributed by atoms with van der Waals surface area (Å²) in [6, 6.07) is 0. The Morgan fingerprint density at radius 1 is 1.24 bits per heavy atom. The van der Waals surface area contributed by atoms with Crippen molar-refractivity contribution in [3.63, 3.8) is 0 Å². The first-order valence-corrected chi connectivity index (χ1v) is 9.11. The van der Waals surface area contributed by atoms with Crippen molar-refractivity contribution in [2.45, 2.75) is 72.4 Å². The van der Waals surface area contributed by atoms with E-state index in [0.29, 0.717) is 24.8 Å². The molecule has 7 heteroatoms. The van der Waals surface area contributed by atoms with Gasteiger partial charge in [0, 0.05) is 30.8 Å². The van der Waals surface area contributed by atoms with E-state index >= 15 is 0 Å². The molecule has 0 aromatic carbocycles. The van der Waals surface area contributed by atoms with Crippen molar-refractivity contribution >= 4 is 11.8 Å². The quantitative estimate of drug-likeness (QED) is 0.881. The van der Waals surface area contributed by atoms with Gasteiger partial charge in [0.2, 0.25) is 17.7 Å². The van der Waals surface area contributed by atoms with E-state index in [4.69, 9.17) is 4.52 Å². The van der Waals surface area contributed by atoms with Crippen molar-refractivity contribution in [2.24, 2.45) is 11.8 Å². The van der Waals surface area contributed by atoms with Gasteiger partial charge in [0.1, 0.15) is 0 Å². The Morgan fingerprint density at radius 2 is 1.88 bits per heavy atom. The van der Waals surface area contributed by atoms with Gasteiger partial charge in [0.25, 0.3) is 0 Å². The van der Waals surface area contributed by atoms with Gasteiger partial charge in [0.15, 0.2) is 5.82 Å². The molecular weight excluding hydrogens is 320 g/mol. The van der Waals surface area contributed by atoms with Crippen molar-refractivity contribution in [3.8, 4) is 0 Å². The number of amides is 2. The average Bonchev–Trinajstić information content (AvgIpc) is 2.95. The predicted molar refractivity (Wildman–Crippen MR) is 93.5 cm³/mol. The molecule has 7 nitrogen and oxygen atoms in total. The smallest absolute Gasteiger partial charge is 0.226 e. The summed E-state index contributed by atoms with van der Waals surface area (Å²) in [5.74, 6) is 0.444. The van der Waals surface area contributed by atoms with E-state index in [1.165, 1.54) is 0 Å². The molecule has 2 rings (SSSR count). The molecule has 2 amide bonds. The number of aromatic nitrogens is 2. The molecule has 1 fully saturated rings. The first-order chi connectivity index (χ1) is 11.7. The number of hydrogen-bond acceptors (Lipinski definition) is 5. The summed E-state index contributed by atoms with van der Waals surface area (Å²) < 4.78 is 4.99. The highest BCUT2D eigenvalue weighted by Gasteiger charge is 2.38. The SMILES string of the molecule is CCN(Cc1noc(C)n1)C(=O)[C@H]1CCCC[C@H]1C(=O)NC(C)(C)C. The molecule has 1 aliphatic carbocycles. The summed E-state index contributed by atoms with van der Waals surface area (Å²) in [7, 11) is 0. The molecule has 0 aliphatic heterocycles. The first kappa shape index (κ1) is 19.4. The third-order valence-electron chi connectivity index (χ3n) is 4.51. The highest BCUT2D eigenvalue weighted by atomic mass is 16.5. The maximum absolute atomic E-state index is 13.1. The van der Waals surface area contributed by atoms with Crippen LogP contribution in [0.1, 0.15) is 65.1 Å². The second-order valence-electron chi connectivity index (χ2n) is 7.82. The molecule has 0 saturated heterocycles. The summed E-state index contributed by atoms with van der Waals surface area (Å²) >= 11 is 0. The minimum atomic E-state index is -0.297. The third kappa shape index (κ3) is 5.28. The van der Waals surface area contributed by atoms with E-state index in [9.17, 15) is 9.59 Å². The lowest BCUT2D eigenvalue weighted by Crippen LogP contribution is -2.49. The summed E-state index contributed by atoms with van der Waals surface area (Å²) in [5, 5.41) is 6.91. The Kier molecular flexibility index (Phi) is 6.19. The molecule has 1 heterocycles. The first-order valence-electron chi connectivity index (χ1n) is 9.11. The Labute approximate surface area is 149 Å². The Hall–Kier alpha value is -1.92. The highest BCUT2D eigenvalue weighted by Crippen LogP contribution is 2.32. The van der Waals surface area contributed by atoms with Gasteiger partial charge in [-0.1, -0.05) is 18.0 Å². The van der Waals surface area contributed by atoms with Gasteiger partial charge in [-0.05, 0) is 40.5 Å². The molecule has 25 heavy (non-hydrogen) atoms. The summed E-state index contributed by atoms with van der Waals surface area (Å²) in [4.78, 5) is 31.7. The molecule has 1 N–H and O–H groups in total. The normalized spacial score (nSPS) is 21.0. The molecule has 1 aromatic heterocycles. The number of nitrogens with zero attached hydrogens (tertiary/aromatic N) is 3. The van der Waals surface area contributed by atoms with E-state index < -0.39 is 0 Å². The maximum atomic E-state index is 13.1. The Morgan fingerprint density at radius 3 is 2.40 bits per heavy atom. The number of carbonyl (C=O) groups is 2. The summed E-state index contributed by atoms with van der Waals surface area (Å²) in [6.07, 6.45) is 3.48. The van der Waals surface area contributed by atoms with Crippen LogP contribution in [0.3, 0.4) is 0 Å². The van der Waals surface area contributed by atoms with E-state index in [-0.39, 0.29) is 29.2 Å². The molecule has 2 atom stereocenters. The minimum absolute atomic E-state index is 0.0127. The van der Waals surface area contributed by atoms with Crippen molar-refractivity contribution in [2.75, 3.05) is 6.54 Å². The van der Waals surface area contributed by atoms with Crippen LogP contribution in [-0.2, 0) is 16.1 Å². The van der Waals surface area contributed by atoms with Crippen LogP contribution < -0.4 is 5.32 Å². The van der Waals surface area contributed by atoms with Gasteiger partial charge in [-0.25, -0.2) is 0 Å². The molecule has 0 unspecified atom stereocenters. The van der Waals surface area contributed by atoms with Gasteiger partial charge < -0.3 is 14.7 Å². The maximum Gasteiger partial charge on any atom is 0.226 e. The molecular formula is C18H30N4O3. The lowest BCUT2D eigenvalue weighted by molar-refractivity contribution is -0.144. The molecule has 0 spiro atoms. The van der Waals surface area contributed by atoms with Crippen molar-refractivity contribution in [3.05, 3.63) is 11.7 Å². The number of hydrogen-bond donors (Lipinski definition) is 1. The number of rotatable bonds is 5. The number of aryl methyl sites for hydroxylation is 1. The standard InChI is InChI=1S/C18H30N4O3/c1-6-22(11-15-19-12(2)25-21-15)17(24)14-10-8-7-9-13(14)16(23)20-18(3,4)5/h13-14H,6-11H2,1-5H3,(H,20,23)/t13-,14+/m1/s1. The molecule has 0 bridgehead atoms. The van der Waals surface area contributed by atoms with Crippen LogP contribution in [0.25, 0.3) is 0 Å². The largest absolute Gasteiger partial charge is 0.351 e. The molecule has 1 aromatic rings. The zero-order valence-electron chi connectivity index (χ0n) is 16.0. The fourth-order valence-electron chi connectivity index (χ4n) is 3.36. The lowest BCUT2D eigenvalue weighted by Gasteiger charge is -2.35. The van der Waals surface area contributed by atoms with Gasteiger partial charge in [0.05, 0.1) is 6.54 Å². The van der Waals surface area contributed by atoms with Gasteiger partial charge >= 0.3 is 0 Å². The average molecular weight is 350 g/mol. The molecule has 140 valence electrons. The Bertz CT molecular complexity index is 606. The van der Waals surface area contributed by atoms with Gasteiger partial charge in [-0.3, -0.25) is 9.59 Å². The topological polar surface area (TPSA) is 88.3 Å². The van der Waals surface area contributed by atoms with Crippen LogP contribution >= 0.6 is 0 Å². The number of carbonyl (C=O) groups excluding carboxylic acids is 2. The highest BCUT2D eigenvalue weighted by molar-refractivity contribution is 5.88. The molecule has 0 radical (unpaired) electrons. The predicted octanol–water partition coefficient (Wildman–Crippen LogP) is 2.45. The zero-order valence-corrected chi connectivity index (χ0v) is 16.0. The molecule has 1 aliphatic rings. The van der Waals surface area contributed by atoms with Crippen LogP contribution in [0.4, 0.5) is 0 Å². The summed E-state index contributed by atoms with van der Waals surface area (Å²) in [6.45, 7) is 10.4. The van der Waals surface area contributed by atoms with Crippen LogP contribution in [-0.4, -0.2) is 38.9 Å². The summed E-state index contributed by atoms with van der Waals surface area (Å²) in [5.41, 5.74) is -0.297. The zero-order chi connectivity index (χ0) is 18.6. The van der Waals surface area contributed by atoms with Gasteiger partial charge in [-0.2, -0.15) is 4.98 Å². The number of nitrogens with one attached hydrogen (secondary N) is 1. The second-order valence-corrected chi connectivity index (χ2v) is 7.82. The van der Waals surface area contributed by atoms with Crippen LogP contribution in [0.15, 0.2) is 4.52 Å². The van der Waals surface area contributed by atoms with E-state index in [0.717, 1.165) is 25.7 Å². The van der Waals surface area contributed by atoms with Crippen LogP contribution in [0.2, 0.25) is 0 Å². The van der Waals surface area contributed by atoms with E-state index in [1.54, 1.807) is 11.8 Å². The third-order valence-corrected chi connectivity index (χ3v) is 4.51. The fraction of sp³-hybridized carbons (Fsp3) is 0.778. The second kappa shape index (κ2) is 7.97. The van der Waals surface area contributed by atoms with E-state index in [1.807, 2.05) is 27.7 Å². The van der Waals surface area contributed by atoms with Crippen LogP contribution in [0.5, 0.6) is 0 Å². The molecule has 1 saturated carbocycles. The van der Waals surface area contributed by atoms with E-state index in [2.05, 4.69) is 15.5 Å². The minimum Gasteiger partial charge on any atom is -0.351 e. The van der Waals surface area contributed by atoms with Crippen LogP contribution in [0, 0.1) is 18.8 Å². The fourth-order valence-corrected chi connectivity index (χ4v) is 3.36. The van der Waals surface area contributed by atoms with Crippen molar-refractivity contribution in [1.82, 2.24) is 20.4 Å². The van der Waals surface area contributed by atoms with Gasteiger partial charge in [-0.15, -0.1) is 0 Å². The van der Waals surface area contributed by atoms with Crippen molar-refractivity contribution < 1.29 is 14.1 Å². The monoisotopic (exact) mass is 350 g/mol. The Balaban J connectivity index is 2.10.